The molecule has 1 rings (SSSR count). The first-order valence-electron chi connectivity index (χ1n) is 6.74. The second-order valence-electron chi connectivity index (χ2n) is 5.88. The van der Waals surface area contributed by atoms with Gasteiger partial charge in [0.1, 0.15) is 0 Å². The summed E-state index contributed by atoms with van der Waals surface area (Å²) in [6.45, 7) is 9.43. The van der Waals surface area contributed by atoms with E-state index in [-0.39, 0.29) is 5.91 Å². The van der Waals surface area contributed by atoms with Gasteiger partial charge in [-0.15, -0.1) is 0 Å². The largest absolute Gasteiger partial charge is 0.341 e. The average Bonchev–Trinajstić information content (AvgIpc) is 2.26. The van der Waals surface area contributed by atoms with Gasteiger partial charge in [0.05, 0.1) is 0 Å². The van der Waals surface area contributed by atoms with Crippen molar-refractivity contribution in [3.63, 3.8) is 0 Å². The zero-order chi connectivity index (χ0) is 13.7. The first-order chi connectivity index (χ1) is 8.40. The van der Waals surface area contributed by atoms with E-state index in [0.717, 1.165) is 18.5 Å². The Balaban J connectivity index is 2.79. The summed E-state index contributed by atoms with van der Waals surface area (Å²) in [5.74, 6) is 1.23. The van der Waals surface area contributed by atoms with Crippen LogP contribution in [0.25, 0.3) is 0 Å². The highest BCUT2D eigenvalue weighted by Crippen LogP contribution is 2.12. The summed E-state index contributed by atoms with van der Waals surface area (Å²) in [6, 6.07) is 8.01. The van der Waals surface area contributed by atoms with Crippen molar-refractivity contribution in [2.75, 3.05) is 13.6 Å². The van der Waals surface area contributed by atoms with Crippen molar-refractivity contribution in [1.29, 1.82) is 0 Å². The molecule has 0 aromatic heterocycles. The Bertz CT molecular complexity index is 396. The topological polar surface area (TPSA) is 20.3 Å². The van der Waals surface area contributed by atoms with Crippen LogP contribution < -0.4 is 0 Å². The van der Waals surface area contributed by atoms with E-state index in [1.165, 1.54) is 5.56 Å². The summed E-state index contributed by atoms with van der Waals surface area (Å²) in [4.78, 5) is 14.0. The molecule has 0 saturated heterocycles. The molecule has 0 N–H and O–H groups in total. The highest BCUT2D eigenvalue weighted by Gasteiger charge is 2.13. The first kappa shape index (κ1) is 14.7. The third-order valence-electron chi connectivity index (χ3n) is 2.80. The van der Waals surface area contributed by atoms with Crippen molar-refractivity contribution in [1.82, 2.24) is 4.90 Å². The summed E-state index contributed by atoms with van der Waals surface area (Å²) in [6.07, 6.45) is 1.02. The molecule has 0 atom stereocenters. The molecule has 0 aliphatic heterocycles. The summed E-state index contributed by atoms with van der Waals surface area (Å²) < 4.78 is 0. The minimum absolute atomic E-state index is 0.120. The number of carbonyl (C=O) groups excluding carboxylic acids is 1. The minimum atomic E-state index is 0.120. The van der Waals surface area contributed by atoms with Crippen molar-refractivity contribution < 1.29 is 4.79 Å². The van der Waals surface area contributed by atoms with Crippen LogP contribution in [0.2, 0.25) is 0 Å². The monoisotopic (exact) mass is 247 g/mol. The zero-order valence-electron chi connectivity index (χ0n) is 12.2. The molecule has 100 valence electrons. The summed E-state index contributed by atoms with van der Waals surface area (Å²) in [7, 11) is 1.87. The molecule has 0 heterocycles. The molecule has 2 nitrogen and oxygen atoms in total. The quantitative estimate of drug-likeness (QED) is 0.778. The third kappa shape index (κ3) is 4.52. The van der Waals surface area contributed by atoms with Crippen LogP contribution in [0.5, 0.6) is 0 Å². The molecule has 0 aliphatic carbocycles. The molecule has 18 heavy (non-hydrogen) atoms. The number of hydrogen-bond donors (Lipinski definition) is 0. The maximum Gasteiger partial charge on any atom is 0.253 e. The van der Waals surface area contributed by atoms with Crippen molar-refractivity contribution >= 4 is 5.91 Å². The third-order valence-corrected chi connectivity index (χ3v) is 2.80. The van der Waals surface area contributed by atoms with Crippen LogP contribution in [0.15, 0.2) is 24.3 Å². The molecule has 0 aliphatic rings. The summed E-state index contributed by atoms with van der Waals surface area (Å²) >= 11 is 0. The molecule has 0 unspecified atom stereocenters. The van der Waals surface area contributed by atoms with Crippen LogP contribution in [0.4, 0.5) is 0 Å². The van der Waals surface area contributed by atoms with Gasteiger partial charge in [-0.1, -0.05) is 39.8 Å². The van der Waals surface area contributed by atoms with E-state index in [2.05, 4.69) is 33.8 Å². The molecule has 0 radical (unpaired) electrons. The van der Waals surface area contributed by atoms with E-state index in [1.807, 2.05) is 25.2 Å². The predicted octanol–water partition coefficient (Wildman–Crippen LogP) is 3.61. The van der Waals surface area contributed by atoms with Gasteiger partial charge in [0, 0.05) is 19.2 Å². The number of rotatable bonds is 5. The van der Waals surface area contributed by atoms with Crippen LogP contribution in [0.1, 0.15) is 43.6 Å². The van der Waals surface area contributed by atoms with Crippen molar-refractivity contribution in [2.24, 2.45) is 11.8 Å². The molecule has 1 aromatic carbocycles. The Hall–Kier alpha value is -1.31. The van der Waals surface area contributed by atoms with Crippen molar-refractivity contribution in [2.45, 2.75) is 34.1 Å². The van der Waals surface area contributed by atoms with Gasteiger partial charge >= 0.3 is 0 Å². The van der Waals surface area contributed by atoms with Gasteiger partial charge in [0.15, 0.2) is 0 Å². The van der Waals surface area contributed by atoms with E-state index < -0.39 is 0 Å². The Morgan fingerprint density at radius 2 is 1.83 bits per heavy atom. The lowest BCUT2D eigenvalue weighted by Gasteiger charge is -2.19. The molecule has 1 aromatic rings. The fraction of sp³-hybridized carbons (Fsp3) is 0.562. The smallest absolute Gasteiger partial charge is 0.253 e. The van der Waals surface area contributed by atoms with E-state index in [1.54, 1.807) is 4.90 Å². The highest BCUT2D eigenvalue weighted by atomic mass is 16.2. The fourth-order valence-electron chi connectivity index (χ4n) is 2.15. The van der Waals surface area contributed by atoms with E-state index in [0.29, 0.717) is 11.8 Å². The van der Waals surface area contributed by atoms with Gasteiger partial charge in [0.25, 0.3) is 5.91 Å². The standard InChI is InChI=1S/C16H25NO/c1-12(2)9-14-7-6-8-15(10-14)16(18)17(5)11-13(3)4/h6-8,10,12-13H,9,11H2,1-5H3. The lowest BCUT2D eigenvalue weighted by molar-refractivity contribution is 0.0779. The van der Waals surface area contributed by atoms with Crippen molar-refractivity contribution in [3.8, 4) is 0 Å². The first-order valence-corrected chi connectivity index (χ1v) is 6.74. The van der Waals surface area contributed by atoms with Gasteiger partial charge < -0.3 is 4.90 Å². The molecule has 0 bridgehead atoms. The van der Waals surface area contributed by atoms with E-state index in [9.17, 15) is 4.79 Å². The highest BCUT2D eigenvalue weighted by molar-refractivity contribution is 5.94. The minimum Gasteiger partial charge on any atom is -0.341 e. The van der Waals surface area contributed by atoms with Crippen LogP contribution in [0.3, 0.4) is 0 Å². The molecular weight excluding hydrogens is 222 g/mol. The molecular formula is C16H25NO. The Morgan fingerprint density at radius 1 is 1.17 bits per heavy atom. The normalized spacial score (nSPS) is 11.1. The summed E-state index contributed by atoms with van der Waals surface area (Å²) in [5.41, 5.74) is 2.05. The van der Waals surface area contributed by atoms with Crippen LogP contribution in [-0.4, -0.2) is 24.4 Å². The van der Waals surface area contributed by atoms with Gasteiger partial charge in [-0.25, -0.2) is 0 Å². The second-order valence-corrected chi connectivity index (χ2v) is 5.88. The predicted molar refractivity (Wildman–Crippen MR) is 76.8 cm³/mol. The lowest BCUT2D eigenvalue weighted by Crippen LogP contribution is -2.30. The average molecular weight is 247 g/mol. The van der Waals surface area contributed by atoms with Crippen LogP contribution >= 0.6 is 0 Å². The van der Waals surface area contributed by atoms with E-state index >= 15 is 0 Å². The number of amides is 1. The number of carbonyl (C=O) groups is 1. The molecule has 0 fully saturated rings. The van der Waals surface area contributed by atoms with Crippen LogP contribution in [0, 0.1) is 11.8 Å². The van der Waals surface area contributed by atoms with Gasteiger partial charge in [-0.05, 0) is 36.0 Å². The van der Waals surface area contributed by atoms with Gasteiger partial charge in [0.2, 0.25) is 0 Å². The Labute approximate surface area is 111 Å². The van der Waals surface area contributed by atoms with Gasteiger partial charge in [-0.3, -0.25) is 4.79 Å². The Morgan fingerprint density at radius 3 is 2.39 bits per heavy atom. The second kappa shape index (κ2) is 6.58. The van der Waals surface area contributed by atoms with Crippen LogP contribution in [-0.2, 0) is 6.42 Å². The van der Waals surface area contributed by atoms with Gasteiger partial charge in [-0.2, -0.15) is 0 Å². The fourth-order valence-corrected chi connectivity index (χ4v) is 2.15. The molecule has 0 saturated carbocycles. The number of nitrogens with zero attached hydrogens (tertiary/aromatic N) is 1. The Kier molecular flexibility index (Phi) is 5.39. The van der Waals surface area contributed by atoms with Crippen molar-refractivity contribution in [3.05, 3.63) is 35.4 Å². The van der Waals surface area contributed by atoms with E-state index in [4.69, 9.17) is 0 Å². The lowest BCUT2D eigenvalue weighted by atomic mass is 10.0. The molecule has 1 amide bonds. The number of hydrogen-bond acceptors (Lipinski definition) is 1. The number of benzene rings is 1. The maximum atomic E-state index is 12.2. The zero-order valence-corrected chi connectivity index (χ0v) is 12.2. The molecule has 2 heteroatoms. The summed E-state index contributed by atoms with van der Waals surface area (Å²) in [5, 5.41) is 0. The SMILES string of the molecule is CC(C)Cc1cccc(C(=O)N(C)CC(C)C)c1. The molecule has 0 spiro atoms. The maximum absolute atomic E-state index is 12.2.